The number of carbonyl (C=O) groups excluding carboxylic acids is 1. The van der Waals surface area contributed by atoms with Gasteiger partial charge in [-0.3, -0.25) is 9.69 Å². The third-order valence-electron chi connectivity index (χ3n) is 9.59. The van der Waals surface area contributed by atoms with E-state index in [1.807, 2.05) is 36.4 Å². The van der Waals surface area contributed by atoms with E-state index in [9.17, 15) is 19.9 Å². The van der Waals surface area contributed by atoms with Crippen molar-refractivity contribution < 1.29 is 33.6 Å². The SMILES string of the molecule is COc1ccc([C@H](Cc2c(Cl)c[n+]([O-])cc2Cl)OC(=O)c2ccc(CN3CC(C(=O)O)(c4ccccc4)C3[C@@H]3CCN(C)C3)s2)cc1OC. The van der Waals surface area contributed by atoms with Crippen LogP contribution in [0, 0.1) is 11.1 Å². The van der Waals surface area contributed by atoms with Gasteiger partial charge in [-0.25, -0.2) is 4.79 Å². The van der Waals surface area contributed by atoms with Gasteiger partial charge in [-0.15, -0.1) is 11.3 Å². The Bertz CT molecular complexity index is 1820. The van der Waals surface area contributed by atoms with Crippen LogP contribution in [0.4, 0.5) is 0 Å². The lowest BCUT2D eigenvalue weighted by atomic mass is 9.62. The molecule has 49 heavy (non-hydrogen) atoms. The number of pyridine rings is 1. The minimum atomic E-state index is -1.01. The van der Waals surface area contributed by atoms with Crippen molar-refractivity contribution in [3.05, 3.63) is 115 Å². The number of carboxylic acid groups (broad SMARTS) is 1. The summed E-state index contributed by atoms with van der Waals surface area (Å²) in [7, 11) is 5.12. The number of ether oxygens (including phenoxy) is 3. The topological polar surface area (TPSA) is 115 Å². The Balaban J connectivity index is 1.24. The highest BCUT2D eigenvalue weighted by atomic mass is 35.5. The zero-order chi connectivity index (χ0) is 34.9. The van der Waals surface area contributed by atoms with E-state index in [4.69, 9.17) is 37.4 Å². The summed E-state index contributed by atoms with van der Waals surface area (Å²) in [5.41, 5.74) is 0.883. The molecule has 1 N–H and O–H groups in total. The maximum atomic E-state index is 13.7. The molecule has 10 nitrogen and oxygen atoms in total. The third kappa shape index (κ3) is 6.95. The summed E-state index contributed by atoms with van der Waals surface area (Å²) in [6.07, 6.45) is 2.58. The van der Waals surface area contributed by atoms with Crippen molar-refractivity contribution in [3.8, 4) is 11.5 Å². The molecule has 2 aliphatic heterocycles. The Morgan fingerprint density at radius 3 is 2.41 bits per heavy atom. The van der Waals surface area contributed by atoms with Crippen LogP contribution in [-0.2, 0) is 27.9 Å². The molecular weight excluding hydrogens is 689 g/mol. The predicted octanol–water partition coefficient (Wildman–Crippen LogP) is 6.00. The summed E-state index contributed by atoms with van der Waals surface area (Å²) in [4.78, 5) is 32.5. The van der Waals surface area contributed by atoms with Gasteiger partial charge in [-0.1, -0.05) is 59.6 Å². The Labute approximate surface area is 298 Å². The second-order valence-corrected chi connectivity index (χ2v) is 14.6. The molecule has 4 heterocycles. The lowest BCUT2D eigenvalue weighted by molar-refractivity contribution is -0.605. The maximum Gasteiger partial charge on any atom is 0.348 e. The largest absolute Gasteiger partial charge is 0.619 e. The summed E-state index contributed by atoms with van der Waals surface area (Å²) < 4.78 is 17.5. The lowest BCUT2D eigenvalue weighted by Crippen LogP contribution is -2.72. The second-order valence-electron chi connectivity index (χ2n) is 12.6. The molecule has 2 aromatic heterocycles. The summed E-state index contributed by atoms with van der Waals surface area (Å²) in [6, 6.07) is 18.2. The van der Waals surface area contributed by atoms with Crippen LogP contribution in [0.5, 0.6) is 11.5 Å². The molecule has 2 saturated heterocycles. The highest BCUT2D eigenvalue weighted by molar-refractivity contribution is 7.13. The maximum absolute atomic E-state index is 13.7. The van der Waals surface area contributed by atoms with Gasteiger partial charge >= 0.3 is 11.9 Å². The molecule has 2 fully saturated rings. The molecule has 0 spiro atoms. The van der Waals surface area contributed by atoms with Crippen molar-refractivity contribution in [1.82, 2.24) is 9.80 Å². The van der Waals surface area contributed by atoms with E-state index in [1.165, 1.54) is 38.0 Å². The highest BCUT2D eigenvalue weighted by Crippen LogP contribution is 2.48. The summed E-state index contributed by atoms with van der Waals surface area (Å²) >= 11 is 14.1. The number of aliphatic carboxylic acids is 1. The van der Waals surface area contributed by atoms with Crippen LogP contribution in [0.15, 0.2) is 73.1 Å². The third-order valence-corrected chi connectivity index (χ3v) is 11.3. The van der Waals surface area contributed by atoms with Gasteiger partial charge < -0.3 is 29.4 Å². The van der Waals surface area contributed by atoms with E-state index < -0.39 is 23.5 Å². The van der Waals surface area contributed by atoms with Gasteiger partial charge in [-0.05, 0) is 61.3 Å². The number of carbonyl (C=O) groups is 2. The van der Waals surface area contributed by atoms with Gasteiger partial charge in [0.05, 0.1) is 14.2 Å². The molecule has 0 saturated carbocycles. The number of carboxylic acids is 1. The predicted molar refractivity (Wildman–Crippen MR) is 187 cm³/mol. The first-order valence-electron chi connectivity index (χ1n) is 15.8. The van der Waals surface area contributed by atoms with E-state index in [1.54, 1.807) is 24.3 Å². The minimum absolute atomic E-state index is 0.0972. The fraction of sp³-hybridized carbons (Fsp3) is 0.361. The molecule has 4 atom stereocenters. The van der Waals surface area contributed by atoms with Crippen LogP contribution in [0.1, 0.15) is 43.8 Å². The quantitative estimate of drug-likeness (QED) is 0.107. The standard InChI is InChI=1S/C36H37Cl2N3O7S/c1-39-14-13-23(17-39)33-36(35(43)44,24-7-5-4-6-8-24)21-40(33)18-25-10-12-32(49-25)34(42)48-30(16-26-27(37)19-41(45)20-28(26)38)22-9-11-29(46-2)31(15-22)47-3/h4-12,15,19-20,23,30,33H,13-14,16-18,21H2,1-3H3,(H,43,44)/t23-,30+,33?,36?/m1/s1. The average Bonchev–Trinajstić information content (AvgIpc) is 3.72. The molecule has 0 amide bonds. The van der Waals surface area contributed by atoms with Crippen molar-refractivity contribution in [1.29, 1.82) is 0 Å². The lowest BCUT2D eigenvalue weighted by Gasteiger charge is -2.57. The van der Waals surface area contributed by atoms with Crippen LogP contribution in [0.3, 0.4) is 0 Å². The number of thiophene rings is 1. The molecule has 0 aliphatic carbocycles. The van der Waals surface area contributed by atoms with Gasteiger partial charge in [-0.2, -0.15) is 4.73 Å². The fourth-order valence-electron chi connectivity index (χ4n) is 7.26. The zero-order valence-electron chi connectivity index (χ0n) is 27.3. The number of nitrogens with zero attached hydrogens (tertiary/aromatic N) is 3. The fourth-order valence-corrected chi connectivity index (χ4v) is 8.78. The van der Waals surface area contributed by atoms with Gasteiger partial charge in [0.25, 0.3) is 0 Å². The molecule has 0 radical (unpaired) electrons. The van der Waals surface area contributed by atoms with Crippen molar-refractivity contribution in [2.45, 2.75) is 36.9 Å². The van der Waals surface area contributed by atoms with Gasteiger partial charge in [0.15, 0.2) is 23.9 Å². The highest BCUT2D eigenvalue weighted by Gasteiger charge is 2.61. The van der Waals surface area contributed by atoms with Gasteiger partial charge in [0.1, 0.15) is 26.4 Å². The smallest absolute Gasteiger partial charge is 0.348 e. The first-order valence-corrected chi connectivity index (χ1v) is 17.4. The Hall–Kier alpha value is -3.87. The molecule has 4 aromatic rings. The number of aromatic nitrogens is 1. The number of halogens is 2. The van der Waals surface area contributed by atoms with Crippen LogP contribution >= 0.6 is 34.5 Å². The van der Waals surface area contributed by atoms with Crippen molar-refractivity contribution in [3.63, 3.8) is 0 Å². The molecule has 2 unspecified atom stereocenters. The minimum Gasteiger partial charge on any atom is -0.619 e. The monoisotopic (exact) mass is 725 g/mol. The van der Waals surface area contributed by atoms with Crippen molar-refractivity contribution >= 4 is 46.5 Å². The molecule has 2 aliphatic rings. The number of methoxy groups -OCH3 is 2. The number of benzene rings is 2. The van der Waals surface area contributed by atoms with Gasteiger partial charge in [0.2, 0.25) is 0 Å². The summed E-state index contributed by atoms with van der Waals surface area (Å²) in [5.74, 6) is -0.202. The average molecular weight is 727 g/mol. The first kappa shape index (κ1) is 35.0. The zero-order valence-corrected chi connectivity index (χ0v) is 29.6. The molecule has 258 valence electrons. The van der Waals surface area contributed by atoms with E-state index >= 15 is 0 Å². The van der Waals surface area contributed by atoms with Crippen molar-refractivity contribution in [2.24, 2.45) is 5.92 Å². The number of hydrogen-bond donors (Lipinski definition) is 1. The van der Waals surface area contributed by atoms with E-state index in [2.05, 4.69) is 16.8 Å². The normalized spacial score (nSPS) is 21.6. The van der Waals surface area contributed by atoms with Gasteiger partial charge in [0, 0.05) is 42.5 Å². The van der Waals surface area contributed by atoms with Crippen molar-refractivity contribution in [2.75, 3.05) is 40.9 Å². The van der Waals surface area contributed by atoms with E-state index in [0.717, 1.165) is 30.0 Å². The van der Waals surface area contributed by atoms with E-state index in [-0.39, 0.29) is 28.4 Å². The summed E-state index contributed by atoms with van der Waals surface area (Å²) in [6.45, 7) is 2.63. The molecule has 0 bridgehead atoms. The Morgan fingerprint density at radius 2 is 1.78 bits per heavy atom. The number of likely N-dealkylation sites (tertiary alicyclic amines) is 2. The van der Waals surface area contributed by atoms with Crippen LogP contribution in [0.25, 0.3) is 0 Å². The molecule has 6 rings (SSSR count). The van der Waals surface area contributed by atoms with E-state index in [0.29, 0.717) is 45.3 Å². The molecular formula is C36H37Cl2N3O7S. The van der Waals surface area contributed by atoms with Crippen LogP contribution < -0.4 is 14.2 Å². The summed E-state index contributed by atoms with van der Waals surface area (Å²) in [5, 5.41) is 22.8. The molecule has 2 aromatic carbocycles. The Morgan fingerprint density at radius 1 is 1.06 bits per heavy atom. The number of rotatable bonds is 12. The van der Waals surface area contributed by atoms with Crippen LogP contribution in [-0.4, -0.2) is 73.8 Å². The number of esters is 1. The Kier molecular flexibility index (Phi) is 10.4. The molecule has 13 heteroatoms. The van der Waals surface area contributed by atoms with Crippen LogP contribution in [0.2, 0.25) is 10.0 Å². The first-order chi connectivity index (χ1) is 23.5. The number of hydrogen-bond acceptors (Lipinski definition) is 9. The second kappa shape index (κ2) is 14.5.